The van der Waals surface area contributed by atoms with Gasteiger partial charge in [0, 0.05) is 4.48 Å². The van der Waals surface area contributed by atoms with Gasteiger partial charge in [0.25, 0.3) is 0 Å². The van der Waals surface area contributed by atoms with Gasteiger partial charge in [0.1, 0.15) is 12.2 Å². The number of benzene rings is 2. The molecule has 2 aliphatic rings. The second kappa shape index (κ2) is 6.04. The molecule has 24 heavy (non-hydrogen) atoms. The summed E-state index contributed by atoms with van der Waals surface area (Å²) in [4.78, 5) is 12.2. The van der Waals surface area contributed by atoms with Crippen molar-refractivity contribution in [1.82, 2.24) is 0 Å². The summed E-state index contributed by atoms with van der Waals surface area (Å²) in [6, 6.07) is 20.2. The summed E-state index contributed by atoms with van der Waals surface area (Å²) in [6.07, 6.45) is -0.684. The first-order chi connectivity index (χ1) is 11.7. The Morgan fingerprint density at radius 1 is 0.917 bits per heavy atom. The molecule has 2 bridgehead atoms. The molecule has 4 heteroatoms. The molecule has 0 N–H and O–H groups in total. The number of halogens is 1. The van der Waals surface area contributed by atoms with Crippen molar-refractivity contribution < 1.29 is 14.3 Å². The fraction of sp³-hybridized carbons (Fsp3) is 0.150. The zero-order valence-electron chi connectivity index (χ0n) is 13.0. The lowest BCUT2D eigenvalue weighted by atomic mass is 9.84. The van der Waals surface area contributed by atoms with Gasteiger partial charge in [0.15, 0.2) is 0 Å². The molecule has 2 aromatic rings. The van der Waals surface area contributed by atoms with E-state index < -0.39 is 6.10 Å². The van der Waals surface area contributed by atoms with E-state index in [0.29, 0.717) is 5.57 Å². The van der Waals surface area contributed by atoms with Gasteiger partial charge in [0.05, 0.1) is 12.7 Å². The number of methoxy groups -OCH3 is 1. The molecule has 0 aliphatic carbocycles. The van der Waals surface area contributed by atoms with Crippen LogP contribution in [0.25, 0.3) is 11.1 Å². The highest BCUT2D eigenvalue weighted by atomic mass is 79.9. The molecule has 2 atom stereocenters. The average Bonchev–Trinajstić information content (AvgIpc) is 3.18. The van der Waals surface area contributed by atoms with Crippen LogP contribution in [0.15, 0.2) is 70.7 Å². The maximum atomic E-state index is 12.2. The molecule has 2 aliphatic heterocycles. The van der Waals surface area contributed by atoms with Gasteiger partial charge in [0.2, 0.25) is 0 Å². The molecular weight excluding hydrogens is 368 g/mol. The largest absolute Gasteiger partial charge is 0.466 e. The molecule has 0 saturated heterocycles. The Labute approximate surface area is 148 Å². The van der Waals surface area contributed by atoms with Gasteiger partial charge < -0.3 is 9.47 Å². The molecule has 0 fully saturated rings. The number of carbonyl (C=O) groups is 1. The molecule has 120 valence electrons. The minimum absolute atomic E-state index is 0.276. The highest BCUT2D eigenvalue weighted by Crippen LogP contribution is 2.52. The third-order valence-electron chi connectivity index (χ3n) is 4.41. The summed E-state index contributed by atoms with van der Waals surface area (Å²) >= 11 is 3.56. The molecule has 4 rings (SSSR count). The lowest BCUT2D eigenvalue weighted by Crippen LogP contribution is -2.19. The molecule has 0 amide bonds. The predicted molar refractivity (Wildman–Crippen MR) is 96.3 cm³/mol. The van der Waals surface area contributed by atoms with E-state index in [-0.39, 0.29) is 12.1 Å². The Morgan fingerprint density at radius 3 is 1.92 bits per heavy atom. The Kier molecular flexibility index (Phi) is 3.87. The first kappa shape index (κ1) is 15.4. The van der Waals surface area contributed by atoms with Gasteiger partial charge >= 0.3 is 5.97 Å². The normalized spacial score (nSPS) is 22.2. The molecule has 0 saturated carbocycles. The van der Waals surface area contributed by atoms with Crippen molar-refractivity contribution in [2.45, 2.75) is 12.2 Å². The first-order valence-electron chi connectivity index (χ1n) is 7.70. The SMILES string of the molecule is COC(=O)C1=C(Br)[C@H]2O[C@@H]1C(c1ccccc1)=C2c1ccccc1. The van der Waals surface area contributed by atoms with Crippen molar-refractivity contribution in [3.8, 4) is 0 Å². The zero-order valence-corrected chi connectivity index (χ0v) is 14.6. The average molecular weight is 383 g/mol. The van der Waals surface area contributed by atoms with Crippen LogP contribution in [0.3, 0.4) is 0 Å². The number of fused-ring (bicyclic) bond motifs is 2. The third kappa shape index (κ3) is 2.26. The van der Waals surface area contributed by atoms with Gasteiger partial charge in [-0.2, -0.15) is 0 Å². The van der Waals surface area contributed by atoms with E-state index in [1.54, 1.807) is 0 Å². The van der Waals surface area contributed by atoms with Crippen molar-refractivity contribution in [2.24, 2.45) is 0 Å². The van der Waals surface area contributed by atoms with Gasteiger partial charge in [-0.05, 0) is 22.3 Å². The number of ether oxygens (including phenoxy) is 2. The van der Waals surface area contributed by atoms with Crippen LogP contribution >= 0.6 is 15.9 Å². The zero-order chi connectivity index (χ0) is 16.7. The van der Waals surface area contributed by atoms with Crippen LogP contribution in [-0.4, -0.2) is 25.3 Å². The molecule has 2 heterocycles. The summed E-state index contributed by atoms with van der Waals surface area (Å²) in [7, 11) is 1.39. The van der Waals surface area contributed by atoms with Crippen molar-refractivity contribution in [3.63, 3.8) is 0 Å². The maximum absolute atomic E-state index is 12.2. The lowest BCUT2D eigenvalue weighted by molar-refractivity contribution is -0.136. The second-order valence-electron chi connectivity index (χ2n) is 5.71. The van der Waals surface area contributed by atoms with Crippen molar-refractivity contribution >= 4 is 33.0 Å². The van der Waals surface area contributed by atoms with E-state index in [1.165, 1.54) is 7.11 Å². The maximum Gasteiger partial charge on any atom is 0.337 e. The van der Waals surface area contributed by atoms with Crippen LogP contribution in [0, 0.1) is 0 Å². The molecule has 0 radical (unpaired) electrons. The minimum Gasteiger partial charge on any atom is -0.466 e. The van der Waals surface area contributed by atoms with Crippen LogP contribution in [0.1, 0.15) is 11.1 Å². The Bertz CT molecular complexity index is 853. The molecule has 0 unspecified atom stereocenters. The van der Waals surface area contributed by atoms with E-state index >= 15 is 0 Å². The van der Waals surface area contributed by atoms with E-state index in [9.17, 15) is 4.79 Å². The molecule has 2 aromatic carbocycles. The summed E-state index contributed by atoms with van der Waals surface area (Å²) in [6.45, 7) is 0. The molecule has 0 spiro atoms. The van der Waals surface area contributed by atoms with Gasteiger partial charge in [-0.25, -0.2) is 4.79 Å². The summed E-state index contributed by atoms with van der Waals surface area (Å²) in [5.74, 6) is -0.352. The lowest BCUT2D eigenvalue weighted by Gasteiger charge is -2.20. The smallest absolute Gasteiger partial charge is 0.337 e. The van der Waals surface area contributed by atoms with Crippen LogP contribution in [0.5, 0.6) is 0 Å². The van der Waals surface area contributed by atoms with E-state index in [4.69, 9.17) is 9.47 Å². The van der Waals surface area contributed by atoms with Crippen LogP contribution in [-0.2, 0) is 14.3 Å². The van der Waals surface area contributed by atoms with Gasteiger partial charge in [-0.1, -0.05) is 76.6 Å². The molecular formula is C20H15BrO3. The highest BCUT2D eigenvalue weighted by molar-refractivity contribution is 9.11. The number of esters is 1. The topological polar surface area (TPSA) is 35.5 Å². The van der Waals surface area contributed by atoms with Gasteiger partial charge in [-0.15, -0.1) is 0 Å². The monoisotopic (exact) mass is 382 g/mol. The van der Waals surface area contributed by atoms with E-state index in [1.807, 2.05) is 48.5 Å². The molecule has 3 nitrogen and oxygen atoms in total. The molecule has 0 aromatic heterocycles. The minimum atomic E-state index is -0.408. The second-order valence-corrected chi connectivity index (χ2v) is 6.56. The van der Waals surface area contributed by atoms with Gasteiger partial charge in [-0.3, -0.25) is 0 Å². The van der Waals surface area contributed by atoms with Crippen LogP contribution in [0.2, 0.25) is 0 Å². The van der Waals surface area contributed by atoms with E-state index in [0.717, 1.165) is 26.8 Å². The quantitative estimate of drug-likeness (QED) is 0.746. The summed E-state index contributed by atoms with van der Waals surface area (Å²) in [5.41, 5.74) is 4.86. The van der Waals surface area contributed by atoms with E-state index in [2.05, 4.69) is 28.1 Å². The highest BCUT2D eigenvalue weighted by Gasteiger charge is 2.49. The number of hydrogen-bond acceptors (Lipinski definition) is 3. The van der Waals surface area contributed by atoms with Crippen molar-refractivity contribution in [2.75, 3.05) is 7.11 Å². The first-order valence-corrected chi connectivity index (χ1v) is 8.50. The number of carbonyl (C=O) groups excluding carboxylic acids is 1. The van der Waals surface area contributed by atoms with Crippen molar-refractivity contribution in [3.05, 3.63) is 81.8 Å². The number of rotatable bonds is 3. The predicted octanol–water partition coefficient (Wildman–Crippen LogP) is 4.20. The Hall–Kier alpha value is -2.17. The van der Waals surface area contributed by atoms with Crippen molar-refractivity contribution in [1.29, 1.82) is 0 Å². The van der Waals surface area contributed by atoms with Crippen LogP contribution < -0.4 is 0 Å². The fourth-order valence-corrected chi connectivity index (χ4v) is 4.09. The third-order valence-corrected chi connectivity index (χ3v) is 5.25. The summed E-state index contributed by atoms with van der Waals surface area (Å²) < 4.78 is 11.9. The Morgan fingerprint density at radius 2 is 1.42 bits per heavy atom. The Balaban J connectivity index is 1.91. The standard InChI is InChI=1S/C20H15BrO3/c1-23-20(22)16-17(21)19-15(13-10-6-3-7-11-13)14(18(16)24-19)12-8-4-2-5-9-12/h2-11,18-19H,1H3/t18-,19+/m1/s1. The summed E-state index contributed by atoms with van der Waals surface area (Å²) in [5, 5.41) is 0. The number of hydrogen-bond donors (Lipinski definition) is 0. The van der Waals surface area contributed by atoms with Crippen LogP contribution in [0.4, 0.5) is 0 Å². The fourth-order valence-electron chi connectivity index (χ4n) is 3.38.